The number of carboxylic acids is 1. The van der Waals surface area contributed by atoms with Crippen molar-refractivity contribution in [2.45, 2.75) is 43.7 Å². The summed E-state index contributed by atoms with van der Waals surface area (Å²) in [7, 11) is 1.64. The lowest BCUT2D eigenvalue weighted by Gasteiger charge is -2.28. The number of carbonyl (C=O) groups is 1. The van der Waals surface area contributed by atoms with Crippen LogP contribution >= 0.6 is 11.8 Å². The quantitative estimate of drug-likeness (QED) is 0.722. The summed E-state index contributed by atoms with van der Waals surface area (Å²) >= 11 is 1.64. The topological polar surface area (TPSA) is 58.6 Å². The standard InChI is InChI=1S/C15H23NO3S/c1-11(2)16-15(3,14(17)18)8-9-20-13-7-5-6-12(10-13)19-4/h5-7,10-11,16H,8-9H2,1-4H3,(H,17,18). The Hall–Kier alpha value is -1.20. The normalized spacial score (nSPS) is 14.1. The molecule has 0 aliphatic rings. The van der Waals surface area contributed by atoms with E-state index in [1.54, 1.807) is 25.8 Å². The van der Waals surface area contributed by atoms with E-state index in [9.17, 15) is 9.90 Å². The van der Waals surface area contributed by atoms with Crippen LogP contribution in [0.2, 0.25) is 0 Å². The molecule has 0 heterocycles. The lowest BCUT2D eigenvalue weighted by atomic mass is 9.98. The van der Waals surface area contributed by atoms with Crippen molar-refractivity contribution in [2.24, 2.45) is 0 Å². The van der Waals surface area contributed by atoms with E-state index in [0.717, 1.165) is 16.4 Å². The molecule has 0 aliphatic carbocycles. The van der Waals surface area contributed by atoms with Gasteiger partial charge in [-0.1, -0.05) is 6.07 Å². The van der Waals surface area contributed by atoms with Crippen molar-refractivity contribution in [3.63, 3.8) is 0 Å². The van der Waals surface area contributed by atoms with Gasteiger partial charge in [0, 0.05) is 16.7 Å². The number of methoxy groups -OCH3 is 1. The predicted molar refractivity (Wildman–Crippen MR) is 82.6 cm³/mol. The van der Waals surface area contributed by atoms with Gasteiger partial charge in [0.2, 0.25) is 0 Å². The molecular weight excluding hydrogens is 274 g/mol. The first kappa shape index (κ1) is 16.9. The summed E-state index contributed by atoms with van der Waals surface area (Å²) in [5, 5.41) is 12.5. The summed E-state index contributed by atoms with van der Waals surface area (Å²) in [6, 6.07) is 7.92. The molecule has 1 aromatic rings. The number of thioether (sulfide) groups is 1. The number of nitrogens with one attached hydrogen (secondary N) is 1. The van der Waals surface area contributed by atoms with Crippen LogP contribution in [0, 0.1) is 0 Å². The largest absolute Gasteiger partial charge is 0.497 e. The van der Waals surface area contributed by atoms with Crippen LogP contribution in [-0.2, 0) is 4.79 Å². The molecule has 1 rings (SSSR count). The fourth-order valence-electron chi connectivity index (χ4n) is 1.94. The molecule has 0 aromatic heterocycles. The molecule has 1 aromatic carbocycles. The minimum absolute atomic E-state index is 0.137. The van der Waals surface area contributed by atoms with E-state index in [2.05, 4.69) is 5.32 Å². The molecule has 0 amide bonds. The van der Waals surface area contributed by atoms with Gasteiger partial charge in [-0.05, 0) is 45.4 Å². The fourth-order valence-corrected chi connectivity index (χ4v) is 3.06. The Balaban J connectivity index is 2.58. The Labute approximate surface area is 124 Å². The Morgan fingerprint density at radius 1 is 1.50 bits per heavy atom. The summed E-state index contributed by atoms with van der Waals surface area (Å²) in [5.74, 6) is 0.740. The Morgan fingerprint density at radius 2 is 2.20 bits per heavy atom. The molecule has 0 spiro atoms. The summed E-state index contributed by atoms with van der Waals surface area (Å²) in [6.45, 7) is 5.65. The number of hydrogen-bond donors (Lipinski definition) is 2. The van der Waals surface area contributed by atoms with E-state index in [-0.39, 0.29) is 6.04 Å². The van der Waals surface area contributed by atoms with Gasteiger partial charge in [-0.25, -0.2) is 0 Å². The van der Waals surface area contributed by atoms with Gasteiger partial charge in [-0.3, -0.25) is 10.1 Å². The molecule has 0 saturated heterocycles. The minimum Gasteiger partial charge on any atom is -0.497 e. The molecular formula is C15H23NO3S. The van der Waals surface area contributed by atoms with Crippen LogP contribution in [0.5, 0.6) is 5.75 Å². The van der Waals surface area contributed by atoms with Crippen molar-refractivity contribution < 1.29 is 14.6 Å². The molecule has 20 heavy (non-hydrogen) atoms. The highest BCUT2D eigenvalue weighted by Crippen LogP contribution is 2.25. The maximum Gasteiger partial charge on any atom is 0.323 e. The maximum absolute atomic E-state index is 11.4. The third-order valence-electron chi connectivity index (χ3n) is 2.99. The minimum atomic E-state index is -0.889. The lowest BCUT2D eigenvalue weighted by molar-refractivity contribution is -0.144. The first-order chi connectivity index (χ1) is 9.37. The Bertz CT molecular complexity index is 450. The molecule has 1 atom stereocenters. The number of carboxylic acid groups (broad SMARTS) is 1. The zero-order valence-electron chi connectivity index (χ0n) is 12.5. The lowest BCUT2D eigenvalue weighted by Crippen LogP contribution is -2.52. The molecule has 0 fully saturated rings. The average Bonchev–Trinajstić information content (AvgIpc) is 2.38. The van der Waals surface area contributed by atoms with Crippen LogP contribution in [0.25, 0.3) is 0 Å². The third-order valence-corrected chi connectivity index (χ3v) is 3.99. The molecule has 0 saturated carbocycles. The second-order valence-electron chi connectivity index (χ2n) is 5.21. The maximum atomic E-state index is 11.4. The van der Waals surface area contributed by atoms with Gasteiger partial charge in [0.15, 0.2) is 0 Å². The van der Waals surface area contributed by atoms with Crippen molar-refractivity contribution in [1.29, 1.82) is 0 Å². The average molecular weight is 297 g/mol. The molecule has 4 nitrogen and oxygen atoms in total. The highest BCUT2D eigenvalue weighted by atomic mass is 32.2. The molecule has 0 aliphatic heterocycles. The number of benzene rings is 1. The molecule has 1 unspecified atom stereocenters. The van der Waals surface area contributed by atoms with Crippen LogP contribution in [0.4, 0.5) is 0 Å². The Morgan fingerprint density at radius 3 is 2.75 bits per heavy atom. The fraction of sp³-hybridized carbons (Fsp3) is 0.533. The monoisotopic (exact) mass is 297 g/mol. The summed E-state index contributed by atoms with van der Waals surface area (Å²) in [5.41, 5.74) is -0.889. The van der Waals surface area contributed by atoms with Crippen molar-refractivity contribution in [1.82, 2.24) is 5.32 Å². The number of hydrogen-bond acceptors (Lipinski definition) is 4. The van der Waals surface area contributed by atoms with E-state index in [1.165, 1.54) is 0 Å². The highest BCUT2D eigenvalue weighted by molar-refractivity contribution is 7.99. The third kappa shape index (κ3) is 5.06. The Kier molecular flexibility index (Phi) is 6.36. The number of aliphatic carboxylic acids is 1. The highest BCUT2D eigenvalue weighted by Gasteiger charge is 2.32. The van der Waals surface area contributed by atoms with Crippen LogP contribution in [0.1, 0.15) is 27.2 Å². The van der Waals surface area contributed by atoms with Crippen molar-refractivity contribution in [2.75, 3.05) is 12.9 Å². The molecule has 5 heteroatoms. The van der Waals surface area contributed by atoms with Gasteiger partial charge in [0.1, 0.15) is 11.3 Å². The first-order valence-electron chi connectivity index (χ1n) is 6.65. The zero-order chi connectivity index (χ0) is 15.2. The van der Waals surface area contributed by atoms with E-state index in [4.69, 9.17) is 4.74 Å². The van der Waals surface area contributed by atoms with Gasteiger partial charge in [0.25, 0.3) is 0 Å². The smallest absolute Gasteiger partial charge is 0.323 e. The molecule has 112 valence electrons. The molecule has 0 bridgehead atoms. The van der Waals surface area contributed by atoms with Crippen molar-refractivity contribution in [3.8, 4) is 5.75 Å². The zero-order valence-corrected chi connectivity index (χ0v) is 13.3. The van der Waals surface area contributed by atoms with Crippen LogP contribution in [0.15, 0.2) is 29.2 Å². The van der Waals surface area contributed by atoms with Gasteiger partial charge in [-0.2, -0.15) is 0 Å². The van der Waals surface area contributed by atoms with Gasteiger partial charge < -0.3 is 9.84 Å². The number of rotatable bonds is 8. The molecule has 0 radical (unpaired) electrons. The van der Waals surface area contributed by atoms with Crippen molar-refractivity contribution in [3.05, 3.63) is 24.3 Å². The second-order valence-corrected chi connectivity index (χ2v) is 6.38. The predicted octanol–water partition coefficient (Wildman–Crippen LogP) is 3.02. The number of ether oxygens (including phenoxy) is 1. The summed E-state index contributed by atoms with van der Waals surface area (Å²) in [6.07, 6.45) is 0.558. The summed E-state index contributed by atoms with van der Waals surface area (Å²) in [4.78, 5) is 12.5. The van der Waals surface area contributed by atoms with Crippen LogP contribution in [0.3, 0.4) is 0 Å². The van der Waals surface area contributed by atoms with E-state index < -0.39 is 11.5 Å². The van der Waals surface area contributed by atoms with E-state index in [0.29, 0.717) is 6.42 Å². The molecule has 2 N–H and O–H groups in total. The van der Waals surface area contributed by atoms with E-state index in [1.807, 2.05) is 38.1 Å². The second kappa shape index (κ2) is 7.55. The van der Waals surface area contributed by atoms with Crippen LogP contribution in [-0.4, -0.2) is 35.5 Å². The first-order valence-corrected chi connectivity index (χ1v) is 7.64. The van der Waals surface area contributed by atoms with Crippen LogP contribution < -0.4 is 10.1 Å². The van der Waals surface area contributed by atoms with Gasteiger partial charge >= 0.3 is 5.97 Å². The van der Waals surface area contributed by atoms with Crippen molar-refractivity contribution >= 4 is 17.7 Å². The SMILES string of the molecule is COc1cccc(SCCC(C)(NC(C)C)C(=O)O)c1. The van der Waals surface area contributed by atoms with Gasteiger partial charge in [-0.15, -0.1) is 11.8 Å². The van der Waals surface area contributed by atoms with E-state index >= 15 is 0 Å². The summed E-state index contributed by atoms with van der Waals surface area (Å²) < 4.78 is 5.17. The van der Waals surface area contributed by atoms with Gasteiger partial charge in [0.05, 0.1) is 7.11 Å².